The third kappa shape index (κ3) is 3.32. The number of aromatic amines is 2. The second kappa shape index (κ2) is 6.87. The number of carbonyl (C=O) groups is 1. The standard InChI is InChI=1S/C18H18N4O3S/c23-15(8-12-9-19-18(25)21-16(12)24)22-7-3-4-11(10-22)17-20-13-5-1-2-6-14(13)26-17/h1-2,5-6,9,11H,3-4,7-8,10H2,(H2,19,21,24,25)/t11-/m1/s1. The minimum absolute atomic E-state index is 0.0152. The molecule has 0 aliphatic carbocycles. The summed E-state index contributed by atoms with van der Waals surface area (Å²) in [7, 11) is 0. The number of benzene rings is 1. The van der Waals surface area contributed by atoms with E-state index in [1.54, 1.807) is 16.2 Å². The van der Waals surface area contributed by atoms with Gasteiger partial charge in [0, 0.05) is 30.8 Å². The maximum absolute atomic E-state index is 12.6. The van der Waals surface area contributed by atoms with E-state index in [9.17, 15) is 14.4 Å². The smallest absolute Gasteiger partial charge is 0.325 e. The topological polar surface area (TPSA) is 98.9 Å². The Labute approximate surface area is 152 Å². The number of carbonyl (C=O) groups excluding carboxylic acids is 1. The van der Waals surface area contributed by atoms with Crippen LogP contribution in [0.15, 0.2) is 40.1 Å². The van der Waals surface area contributed by atoms with Gasteiger partial charge in [0.15, 0.2) is 0 Å². The third-order valence-electron chi connectivity index (χ3n) is 4.67. The summed E-state index contributed by atoms with van der Waals surface area (Å²) in [6, 6.07) is 8.04. The molecule has 0 saturated carbocycles. The summed E-state index contributed by atoms with van der Waals surface area (Å²) in [4.78, 5) is 46.6. The number of nitrogens with zero attached hydrogens (tertiary/aromatic N) is 2. The largest absolute Gasteiger partial charge is 0.342 e. The summed E-state index contributed by atoms with van der Waals surface area (Å²) in [5, 5.41) is 1.06. The van der Waals surface area contributed by atoms with Gasteiger partial charge in [-0.15, -0.1) is 11.3 Å². The number of hydrogen-bond acceptors (Lipinski definition) is 5. The molecular formula is C18H18N4O3S. The number of thiazole rings is 1. The molecule has 1 saturated heterocycles. The first-order valence-corrected chi connectivity index (χ1v) is 9.36. The summed E-state index contributed by atoms with van der Waals surface area (Å²) in [5.74, 6) is 0.118. The number of hydrogen-bond donors (Lipinski definition) is 2. The molecule has 1 aliphatic rings. The monoisotopic (exact) mass is 370 g/mol. The van der Waals surface area contributed by atoms with Crippen LogP contribution < -0.4 is 11.2 Å². The number of fused-ring (bicyclic) bond motifs is 1. The van der Waals surface area contributed by atoms with Crippen molar-refractivity contribution in [1.82, 2.24) is 19.9 Å². The Balaban J connectivity index is 1.49. The van der Waals surface area contributed by atoms with Gasteiger partial charge in [-0.3, -0.25) is 14.6 Å². The van der Waals surface area contributed by atoms with Crippen molar-refractivity contribution in [1.29, 1.82) is 0 Å². The van der Waals surface area contributed by atoms with Crippen molar-refractivity contribution >= 4 is 27.5 Å². The van der Waals surface area contributed by atoms with Crippen molar-refractivity contribution in [2.45, 2.75) is 25.2 Å². The zero-order valence-electron chi connectivity index (χ0n) is 14.0. The molecule has 1 amide bonds. The van der Waals surface area contributed by atoms with Crippen LogP contribution in [-0.4, -0.2) is 38.8 Å². The van der Waals surface area contributed by atoms with Crippen molar-refractivity contribution in [3.05, 3.63) is 61.9 Å². The minimum atomic E-state index is -0.569. The molecule has 0 radical (unpaired) electrons. The summed E-state index contributed by atoms with van der Waals surface area (Å²) in [6.07, 6.45) is 3.21. The van der Waals surface area contributed by atoms with Crippen molar-refractivity contribution in [2.24, 2.45) is 0 Å². The lowest BCUT2D eigenvalue weighted by Crippen LogP contribution is -2.41. The molecule has 2 N–H and O–H groups in total. The number of amides is 1. The highest BCUT2D eigenvalue weighted by atomic mass is 32.1. The molecule has 0 unspecified atom stereocenters. The first-order chi connectivity index (χ1) is 12.6. The Morgan fingerprint density at radius 1 is 1.31 bits per heavy atom. The fourth-order valence-corrected chi connectivity index (χ4v) is 4.41. The Morgan fingerprint density at radius 3 is 2.96 bits per heavy atom. The number of likely N-dealkylation sites (tertiary alicyclic amines) is 1. The molecule has 2 aromatic heterocycles. The highest BCUT2D eigenvalue weighted by Gasteiger charge is 2.27. The number of para-hydroxylation sites is 1. The van der Waals surface area contributed by atoms with Crippen LogP contribution in [0.4, 0.5) is 0 Å². The lowest BCUT2D eigenvalue weighted by atomic mass is 9.98. The van der Waals surface area contributed by atoms with Gasteiger partial charge >= 0.3 is 5.69 Å². The molecule has 3 aromatic rings. The van der Waals surface area contributed by atoms with Gasteiger partial charge in [0.25, 0.3) is 5.56 Å². The molecule has 26 heavy (non-hydrogen) atoms. The fraction of sp³-hybridized carbons (Fsp3) is 0.333. The molecule has 0 bridgehead atoms. The molecule has 7 nitrogen and oxygen atoms in total. The van der Waals surface area contributed by atoms with Gasteiger partial charge in [0.05, 0.1) is 21.6 Å². The van der Waals surface area contributed by atoms with Gasteiger partial charge < -0.3 is 9.88 Å². The molecule has 8 heteroatoms. The predicted octanol–water partition coefficient (Wildman–Crippen LogP) is 1.62. The molecule has 4 rings (SSSR count). The van der Waals surface area contributed by atoms with E-state index >= 15 is 0 Å². The molecule has 1 fully saturated rings. The SMILES string of the molecule is O=C(Cc1c[nH]c(=O)[nH]c1=O)N1CCC[C@@H](c2nc3ccccc3s2)C1. The Morgan fingerprint density at radius 2 is 2.15 bits per heavy atom. The van der Waals surface area contributed by atoms with Crippen LogP contribution in [0.3, 0.4) is 0 Å². The number of aromatic nitrogens is 3. The van der Waals surface area contributed by atoms with Gasteiger partial charge in [-0.2, -0.15) is 0 Å². The fourth-order valence-electron chi connectivity index (χ4n) is 3.31. The Hall–Kier alpha value is -2.74. The lowest BCUT2D eigenvalue weighted by molar-refractivity contribution is -0.131. The van der Waals surface area contributed by atoms with Crippen LogP contribution in [0.25, 0.3) is 10.2 Å². The van der Waals surface area contributed by atoms with E-state index < -0.39 is 11.2 Å². The highest BCUT2D eigenvalue weighted by Crippen LogP contribution is 2.33. The third-order valence-corrected chi connectivity index (χ3v) is 5.87. The zero-order valence-corrected chi connectivity index (χ0v) is 14.8. The van der Waals surface area contributed by atoms with Crippen molar-refractivity contribution in [2.75, 3.05) is 13.1 Å². The van der Waals surface area contributed by atoms with Crippen molar-refractivity contribution < 1.29 is 4.79 Å². The number of rotatable bonds is 3. The predicted molar refractivity (Wildman–Crippen MR) is 99.6 cm³/mol. The molecule has 1 aromatic carbocycles. The minimum Gasteiger partial charge on any atom is -0.342 e. The van der Waals surface area contributed by atoms with Crippen LogP contribution in [0.5, 0.6) is 0 Å². The second-order valence-electron chi connectivity index (χ2n) is 6.47. The van der Waals surface area contributed by atoms with Crippen LogP contribution in [0.1, 0.15) is 29.3 Å². The van der Waals surface area contributed by atoms with Gasteiger partial charge in [0.2, 0.25) is 5.91 Å². The molecule has 134 valence electrons. The summed E-state index contributed by atoms with van der Waals surface area (Å²) in [5.41, 5.74) is 0.189. The van der Waals surface area contributed by atoms with E-state index in [2.05, 4.69) is 16.0 Å². The number of H-pyrrole nitrogens is 2. The van der Waals surface area contributed by atoms with E-state index in [4.69, 9.17) is 4.98 Å². The first-order valence-electron chi connectivity index (χ1n) is 8.54. The average molecular weight is 370 g/mol. The van der Waals surface area contributed by atoms with Crippen LogP contribution in [0, 0.1) is 0 Å². The second-order valence-corrected chi connectivity index (χ2v) is 7.53. The van der Waals surface area contributed by atoms with Gasteiger partial charge in [-0.05, 0) is 25.0 Å². The summed E-state index contributed by atoms with van der Waals surface area (Å²) in [6.45, 7) is 1.29. The molecule has 3 heterocycles. The van der Waals surface area contributed by atoms with Crippen molar-refractivity contribution in [3.8, 4) is 0 Å². The maximum atomic E-state index is 12.6. The quantitative estimate of drug-likeness (QED) is 0.732. The van der Waals surface area contributed by atoms with E-state index in [0.717, 1.165) is 28.1 Å². The molecule has 1 aliphatic heterocycles. The van der Waals surface area contributed by atoms with E-state index in [-0.39, 0.29) is 23.8 Å². The normalized spacial score (nSPS) is 17.5. The number of nitrogens with one attached hydrogen (secondary N) is 2. The lowest BCUT2D eigenvalue weighted by Gasteiger charge is -2.31. The average Bonchev–Trinajstić information content (AvgIpc) is 3.08. The number of piperidine rings is 1. The van der Waals surface area contributed by atoms with E-state index in [1.807, 2.05) is 18.2 Å². The van der Waals surface area contributed by atoms with Gasteiger partial charge in [0.1, 0.15) is 0 Å². The molecule has 0 spiro atoms. The van der Waals surface area contributed by atoms with Crippen LogP contribution >= 0.6 is 11.3 Å². The Kier molecular flexibility index (Phi) is 4.42. The van der Waals surface area contributed by atoms with Gasteiger partial charge in [-0.25, -0.2) is 9.78 Å². The molecular weight excluding hydrogens is 352 g/mol. The Bertz CT molecular complexity index is 1030. The highest BCUT2D eigenvalue weighted by molar-refractivity contribution is 7.18. The maximum Gasteiger partial charge on any atom is 0.325 e. The van der Waals surface area contributed by atoms with Crippen LogP contribution in [0.2, 0.25) is 0 Å². The first kappa shape index (κ1) is 16.7. The van der Waals surface area contributed by atoms with Crippen molar-refractivity contribution in [3.63, 3.8) is 0 Å². The zero-order chi connectivity index (χ0) is 18.1. The van der Waals surface area contributed by atoms with E-state index in [1.165, 1.54) is 6.20 Å². The van der Waals surface area contributed by atoms with Gasteiger partial charge in [-0.1, -0.05) is 12.1 Å². The summed E-state index contributed by atoms with van der Waals surface area (Å²) < 4.78 is 1.16. The van der Waals surface area contributed by atoms with E-state index in [0.29, 0.717) is 13.1 Å². The van der Waals surface area contributed by atoms with Crippen LogP contribution in [-0.2, 0) is 11.2 Å². The summed E-state index contributed by atoms with van der Waals surface area (Å²) >= 11 is 1.68. The molecule has 1 atom stereocenters.